The normalized spacial score (nSPS) is 11.4. The number of rotatable bonds is 7. The van der Waals surface area contributed by atoms with Gasteiger partial charge in [0.15, 0.2) is 0 Å². The van der Waals surface area contributed by atoms with Crippen LogP contribution in [0.25, 0.3) is 29.0 Å². The maximum atomic E-state index is 13.0. The molecule has 0 saturated heterocycles. The van der Waals surface area contributed by atoms with Gasteiger partial charge in [0.1, 0.15) is 0 Å². The van der Waals surface area contributed by atoms with Crippen molar-refractivity contribution in [2.24, 2.45) is 0 Å². The van der Waals surface area contributed by atoms with E-state index >= 15 is 0 Å². The van der Waals surface area contributed by atoms with Crippen LogP contribution in [0.5, 0.6) is 0 Å². The Morgan fingerprint density at radius 1 is 0.805 bits per heavy atom. The molecule has 0 radical (unpaired) electrons. The molecule has 2 aromatic heterocycles. The van der Waals surface area contributed by atoms with E-state index in [0.717, 1.165) is 12.1 Å². The van der Waals surface area contributed by atoms with Crippen LogP contribution in [0, 0.1) is 0 Å². The molecule has 0 unspecified atom stereocenters. The number of carbonyl (C=O) groups excluding carboxylic acids is 2. The number of nitrogens with one attached hydrogen (secondary N) is 2. The lowest BCUT2D eigenvalue weighted by molar-refractivity contribution is -0.137. The molecule has 204 valence electrons. The number of anilines is 2. The summed E-state index contributed by atoms with van der Waals surface area (Å²) in [5.74, 6) is -0.603. The number of hydrogen-bond donors (Lipinski definition) is 2. The van der Waals surface area contributed by atoms with Crippen molar-refractivity contribution in [1.82, 2.24) is 15.2 Å². The summed E-state index contributed by atoms with van der Waals surface area (Å²) in [7, 11) is 0. The van der Waals surface area contributed by atoms with Crippen LogP contribution in [0.15, 0.2) is 108 Å². The van der Waals surface area contributed by atoms with Gasteiger partial charge in [0, 0.05) is 35.3 Å². The Hall–Kier alpha value is -5.58. The topological polar surface area (TPSA) is 110 Å². The minimum Gasteiger partial charge on any atom is -0.416 e. The van der Waals surface area contributed by atoms with Crippen molar-refractivity contribution in [3.05, 3.63) is 120 Å². The van der Waals surface area contributed by atoms with E-state index in [9.17, 15) is 22.8 Å². The van der Waals surface area contributed by atoms with E-state index in [1.165, 1.54) is 24.3 Å². The van der Waals surface area contributed by atoms with Crippen LogP contribution in [0.4, 0.5) is 24.5 Å². The zero-order valence-electron chi connectivity index (χ0n) is 21.1. The zero-order valence-corrected chi connectivity index (χ0v) is 21.1. The Bertz CT molecular complexity index is 1730. The molecule has 0 fully saturated rings. The summed E-state index contributed by atoms with van der Waals surface area (Å²) in [5.41, 5.74) is 1.57. The number of carbonyl (C=O) groups is 2. The fraction of sp³-hybridized carbons (Fsp3) is 0.0333. The average molecular weight is 556 g/mol. The molecule has 0 bridgehead atoms. The monoisotopic (exact) mass is 555 g/mol. The highest BCUT2D eigenvalue weighted by Crippen LogP contribution is 2.30. The molecule has 0 aliphatic rings. The quantitative estimate of drug-likeness (QED) is 0.216. The third kappa shape index (κ3) is 6.71. The molecule has 2 heterocycles. The molecule has 3 aromatic carbocycles. The van der Waals surface area contributed by atoms with Crippen LogP contribution in [-0.2, 0) is 11.0 Å². The summed E-state index contributed by atoms with van der Waals surface area (Å²) in [5, 5.41) is 13.5. The predicted molar refractivity (Wildman–Crippen MR) is 146 cm³/mol. The second-order valence-corrected chi connectivity index (χ2v) is 8.67. The molecule has 2 N–H and O–H groups in total. The van der Waals surface area contributed by atoms with Gasteiger partial charge in [-0.15, -0.1) is 10.2 Å². The number of benzene rings is 3. The van der Waals surface area contributed by atoms with Crippen LogP contribution in [0.3, 0.4) is 0 Å². The van der Waals surface area contributed by atoms with Crippen LogP contribution >= 0.6 is 0 Å². The summed E-state index contributed by atoms with van der Waals surface area (Å²) in [6.45, 7) is 0. The van der Waals surface area contributed by atoms with Crippen LogP contribution in [0.1, 0.15) is 21.5 Å². The molecule has 2 amide bonds. The third-order valence-corrected chi connectivity index (χ3v) is 5.79. The highest BCUT2D eigenvalue weighted by Gasteiger charge is 2.30. The number of para-hydroxylation sites is 1. The first-order chi connectivity index (χ1) is 19.8. The van der Waals surface area contributed by atoms with Gasteiger partial charge < -0.3 is 15.1 Å². The van der Waals surface area contributed by atoms with Crippen molar-refractivity contribution >= 4 is 29.3 Å². The lowest BCUT2D eigenvalue weighted by Gasteiger charge is -2.10. The molecule has 5 rings (SSSR count). The van der Waals surface area contributed by atoms with Gasteiger partial charge in [0.25, 0.3) is 5.91 Å². The molecular weight excluding hydrogens is 535 g/mol. The molecule has 0 spiro atoms. The van der Waals surface area contributed by atoms with Crippen molar-refractivity contribution in [2.45, 2.75) is 6.18 Å². The number of hydrogen-bond acceptors (Lipinski definition) is 6. The van der Waals surface area contributed by atoms with Crippen molar-refractivity contribution in [3.8, 4) is 22.9 Å². The summed E-state index contributed by atoms with van der Waals surface area (Å²) >= 11 is 0. The number of pyridine rings is 1. The largest absolute Gasteiger partial charge is 0.416 e. The molecule has 0 aliphatic carbocycles. The average Bonchev–Trinajstić information content (AvgIpc) is 3.47. The Kier molecular flexibility index (Phi) is 7.68. The Balaban J connectivity index is 1.26. The summed E-state index contributed by atoms with van der Waals surface area (Å²) in [4.78, 5) is 29.2. The summed E-state index contributed by atoms with van der Waals surface area (Å²) in [6, 6.07) is 21.1. The van der Waals surface area contributed by atoms with Crippen molar-refractivity contribution in [2.75, 3.05) is 10.6 Å². The van der Waals surface area contributed by atoms with Crippen molar-refractivity contribution in [3.63, 3.8) is 0 Å². The Morgan fingerprint density at radius 3 is 2.37 bits per heavy atom. The lowest BCUT2D eigenvalue weighted by Crippen LogP contribution is -2.14. The Morgan fingerprint density at radius 2 is 1.56 bits per heavy atom. The molecule has 5 aromatic rings. The number of nitrogens with zero attached hydrogens (tertiary/aromatic N) is 3. The standard InChI is InChI=1S/C30H20F3N5O3/c31-30(32,33)22-7-4-6-21(18-22)27(40)35-23-8-3-5-19(17-23)11-12-26(39)36-25-10-2-1-9-24(25)29-38-37-28(41-29)20-13-15-34-16-14-20/h1-18H,(H,35,40)(H,36,39)/b12-11+. The summed E-state index contributed by atoms with van der Waals surface area (Å²) in [6.07, 6.45) is 1.50. The van der Waals surface area contributed by atoms with Crippen molar-refractivity contribution in [1.29, 1.82) is 0 Å². The summed E-state index contributed by atoms with van der Waals surface area (Å²) < 4.78 is 44.8. The van der Waals surface area contributed by atoms with Gasteiger partial charge in [-0.1, -0.05) is 30.3 Å². The van der Waals surface area contributed by atoms with Crippen LogP contribution in [0.2, 0.25) is 0 Å². The highest BCUT2D eigenvalue weighted by molar-refractivity contribution is 6.05. The molecule has 41 heavy (non-hydrogen) atoms. The van der Waals surface area contributed by atoms with Crippen LogP contribution in [-0.4, -0.2) is 27.0 Å². The first kappa shape index (κ1) is 27.0. The fourth-order valence-corrected chi connectivity index (χ4v) is 3.83. The number of alkyl halides is 3. The smallest absolute Gasteiger partial charge is 0.416 e. The second-order valence-electron chi connectivity index (χ2n) is 8.67. The second kappa shape index (κ2) is 11.7. The lowest BCUT2D eigenvalue weighted by atomic mass is 10.1. The van der Waals surface area contributed by atoms with Gasteiger partial charge in [-0.2, -0.15) is 13.2 Å². The van der Waals surface area contributed by atoms with E-state index in [-0.39, 0.29) is 11.5 Å². The van der Waals surface area contributed by atoms with Gasteiger partial charge in [-0.3, -0.25) is 14.6 Å². The van der Waals surface area contributed by atoms with Gasteiger partial charge >= 0.3 is 6.18 Å². The maximum Gasteiger partial charge on any atom is 0.416 e. The van der Waals surface area contributed by atoms with Gasteiger partial charge in [-0.25, -0.2) is 0 Å². The molecule has 8 nitrogen and oxygen atoms in total. The van der Waals surface area contributed by atoms with E-state index in [1.54, 1.807) is 73.1 Å². The van der Waals surface area contributed by atoms with Gasteiger partial charge in [0.2, 0.25) is 17.7 Å². The van der Waals surface area contributed by atoms with E-state index < -0.39 is 23.6 Å². The van der Waals surface area contributed by atoms with E-state index in [1.807, 2.05) is 0 Å². The SMILES string of the molecule is O=C(/C=C/c1cccc(NC(=O)c2cccc(C(F)(F)F)c2)c1)Nc1ccccc1-c1nnc(-c2ccncc2)o1. The number of halogens is 3. The highest BCUT2D eigenvalue weighted by atomic mass is 19.4. The number of aromatic nitrogens is 3. The van der Waals surface area contributed by atoms with E-state index in [0.29, 0.717) is 34.0 Å². The van der Waals surface area contributed by atoms with E-state index in [2.05, 4.69) is 25.8 Å². The van der Waals surface area contributed by atoms with Crippen LogP contribution < -0.4 is 10.6 Å². The van der Waals surface area contributed by atoms with Gasteiger partial charge in [0.05, 0.1) is 16.8 Å². The van der Waals surface area contributed by atoms with Crippen molar-refractivity contribution < 1.29 is 27.2 Å². The Labute approximate surface area is 231 Å². The fourth-order valence-electron chi connectivity index (χ4n) is 3.83. The number of amides is 2. The first-order valence-corrected chi connectivity index (χ1v) is 12.2. The molecule has 0 aliphatic heterocycles. The minimum atomic E-state index is -4.56. The molecule has 11 heteroatoms. The molecular formula is C30H20F3N5O3. The predicted octanol–water partition coefficient (Wildman–Crippen LogP) is 6.72. The zero-order chi connectivity index (χ0) is 28.8. The third-order valence-electron chi connectivity index (χ3n) is 5.79. The molecule has 0 saturated carbocycles. The minimum absolute atomic E-state index is 0.132. The van der Waals surface area contributed by atoms with Gasteiger partial charge in [-0.05, 0) is 66.2 Å². The molecule has 0 atom stereocenters. The maximum absolute atomic E-state index is 13.0. The first-order valence-electron chi connectivity index (χ1n) is 12.2. The van der Waals surface area contributed by atoms with E-state index in [4.69, 9.17) is 4.42 Å².